The third-order valence-corrected chi connectivity index (χ3v) is 5.61. The molecule has 0 saturated carbocycles. The van der Waals surface area contributed by atoms with Crippen LogP contribution in [0.5, 0.6) is 5.88 Å². The fourth-order valence-electron chi connectivity index (χ4n) is 2.79. The molecule has 0 unspecified atom stereocenters. The molecule has 0 aliphatic rings. The maximum absolute atomic E-state index is 5.98. The van der Waals surface area contributed by atoms with Crippen LogP contribution >= 0.6 is 27.3 Å². The highest BCUT2D eigenvalue weighted by atomic mass is 79.9. The summed E-state index contributed by atoms with van der Waals surface area (Å²) in [5.74, 6) is 1.22. The average Bonchev–Trinajstić information content (AvgIpc) is 3.27. The van der Waals surface area contributed by atoms with Gasteiger partial charge in [-0.05, 0) is 28.5 Å². The molecule has 5 nitrogen and oxygen atoms in total. The van der Waals surface area contributed by atoms with Gasteiger partial charge in [0.15, 0.2) is 12.4 Å². The number of fused-ring (bicyclic) bond motifs is 1. The van der Waals surface area contributed by atoms with Gasteiger partial charge in [0, 0.05) is 16.1 Å². The van der Waals surface area contributed by atoms with Crippen LogP contribution in [0.2, 0.25) is 0 Å². The second-order valence-corrected chi connectivity index (χ2v) is 9.01. The zero-order chi connectivity index (χ0) is 19.0. The van der Waals surface area contributed by atoms with Gasteiger partial charge in [0.25, 0.3) is 0 Å². The summed E-state index contributed by atoms with van der Waals surface area (Å²) >= 11 is 5.04. The summed E-state index contributed by atoms with van der Waals surface area (Å²) in [5, 5.41) is 7.24. The van der Waals surface area contributed by atoms with Crippen molar-refractivity contribution in [2.45, 2.75) is 32.8 Å². The predicted octanol–water partition coefficient (Wildman–Crippen LogP) is 5.99. The SMILES string of the molecule is CC(C)(C)c1csc2ncnc(OCc3cc(-c4ccc(Br)cc4)no3)c12. The molecule has 27 heavy (non-hydrogen) atoms. The number of halogens is 1. The molecule has 0 aliphatic carbocycles. The van der Waals surface area contributed by atoms with Crippen LogP contribution in [0.1, 0.15) is 32.1 Å². The van der Waals surface area contributed by atoms with Crippen LogP contribution in [0.4, 0.5) is 0 Å². The molecule has 0 aliphatic heterocycles. The topological polar surface area (TPSA) is 61.0 Å². The minimum absolute atomic E-state index is 0.0118. The van der Waals surface area contributed by atoms with Gasteiger partial charge in [0.1, 0.15) is 16.9 Å². The number of ether oxygens (including phenoxy) is 1. The molecule has 0 N–H and O–H groups in total. The van der Waals surface area contributed by atoms with Crippen LogP contribution in [0, 0.1) is 0 Å². The fraction of sp³-hybridized carbons (Fsp3) is 0.250. The molecular weight excluding hydrogens is 426 g/mol. The number of thiophene rings is 1. The van der Waals surface area contributed by atoms with E-state index in [0.29, 0.717) is 11.6 Å². The smallest absolute Gasteiger partial charge is 0.226 e. The molecule has 0 amide bonds. The normalized spacial score (nSPS) is 11.9. The zero-order valence-electron chi connectivity index (χ0n) is 15.2. The third-order valence-electron chi connectivity index (χ3n) is 4.19. The minimum atomic E-state index is -0.0118. The first kappa shape index (κ1) is 18.1. The number of aromatic nitrogens is 3. The van der Waals surface area contributed by atoms with E-state index in [1.807, 2.05) is 30.3 Å². The van der Waals surface area contributed by atoms with E-state index in [-0.39, 0.29) is 12.0 Å². The van der Waals surface area contributed by atoms with Gasteiger partial charge in [-0.25, -0.2) is 9.97 Å². The lowest BCUT2D eigenvalue weighted by Crippen LogP contribution is -2.11. The van der Waals surface area contributed by atoms with Crippen LogP contribution in [0.25, 0.3) is 21.5 Å². The highest BCUT2D eigenvalue weighted by Crippen LogP contribution is 2.38. The van der Waals surface area contributed by atoms with Crippen LogP contribution in [-0.2, 0) is 12.0 Å². The first-order valence-corrected chi connectivity index (χ1v) is 10.2. The Hall–Kier alpha value is -2.25. The van der Waals surface area contributed by atoms with E-state index in [1.54, 1.807) is 11.3 Å². The summed E-state index contributed by atoms with van der Waals surface area (Å²) in [5.41, 5.74) is 2.94. The average molecular weight is 444 g/mol. The predicted molar refractivity (Wildman–Crippen MR) is 110 cm³/mol. The number of rotatable bonds is 4. The molecule has 138 valence electrons. The fourth-order valence-corrected chi connectivity index (χ4v) is 4.17. The van der Waals surface area contributed by atoms with Gasteiger partial charge in [-0.1, -0.05) is 54.0 Å². The molecule has 0 bridgehead atoms. The zero-order valence-corrected chi connectivity index (χ0v) is 17.6. The third kappa shape index (κ3) is 3.75. The van der Waals surface area contributed by atoms with E-state index in [2.05, 4.69) is 57.2 Å². The van der Waals surface area contributed by atoms with Gasteiger partial charge in [-0.15, -0.1) is 11.3 Å². The van der Waals surface area contributed by atoms with Crippen LogP contribution in [0.15, 0.2) is 51.0 Å². The van der Waals surface area contributed by atoms with Crippen molar-refractivity contribution in [3.8, 4) is 17.1 Å². The number of benzene rings is 1. The largest absolute Gasteiger partial charge is 0.469 e. The van der Waals surface area contributed by atoms with Gasteiger partial charge < -0.3 is 9.26 Å². The Kier molecular flexibility index (Phi) is 4.74. The lowest BCUT2D eigenvalue weighted by Gasteiger charge is -2.18. The molecule has 3 heterocycles. The van der Waals surface area contributed by atoms with Gasteiger partial charge in [0.2, 0.25) is 5.88 Å². The second kappa shape index (κ2) is 7.05. The first-order chi connectivity index (χ1) is 12.9. The molecule has 4 aromatic rings. The molecule has 1 aromatic carbocycles. The summed E-state index contributed by atoms with van der Waals surface area (Å²) in [6.07, 6.45) is 1.54. The van der Waals surface area contributed by atoms with Crippen LogP contribution in [-0.4, -0.2) is 15.1 Å². The Morgan fingerprint density at radius 2 is 1.93 bits per heavy atom. The van der Waals surface area contributed by atoms with Crippen LogP contribution in [0.3, 0.4) is 0 Å². The summed E-state index contributed by atoms with van der Waals surface area (Å²) in [7, 11) is 0. The lowest BCUT2D eigenvalue weighted by molar-refractivity contribution is 0.244. The Labute approximate surface area is 169 Å². The number of hydrogen-bond acceptors (Lipinski definition) is 6. The van der Waals surface area contributed by atoms with E-state index in [9.17, 15) is 0 Å². The monoisotopic (exact) mass is 443 g/mol. The molecule has 0 fully saturated rings. The van der Waals surface area contributed by atoms with Crippen molar-refractivity contribution in [1.29, 1.82) is 0 Å². The van der Waals surface area contributed by atoms with Crippen molar-refractivity contribution in [2.75, 3.05) is 0 Å². The molecular formula is C20H18BrN3O2S. The molecule has 4 rings (SSSR count). The second-order valence-electron chi connectivity index (χ2n) is 7.23. The van der Waals surface area contributed by atoms with Crippen molar-refractivity contribution >= 4 is 37.5 Å². The summed E-state index contributed by atoms with van der Waals surface area (Å²) < 4.78 is 12.4. The summed E-state index contributed by atoms with van der Waals surface area (Å²) in [4.78, 5) is 9.65. The van der Waals surface area contributed by atoms with Crippen molar-refractivity contribution in [2.24, 2.45) is 0 Å². The van der Waals surface area contributed by atoms with E-state index >= 15 is 0 Å². The quantitative estimate of drug-likeness (QED) is 0.387. The number of hydrogen-bond donors (Lipinski definition) is 0. The van der Waals surface area contributed by atoms with E-state index in [0.717, 1.165) is 25.9 Å². The van der Waals surface area contributed by atoms with Gasteiger partial charge in [0.05, 0.1) is 5.39 Å². The van der Waals surface area contributed by atoms with Crippen molar-refractivity contribution in [3.05, 3.63) is 57.8 Å². The molecule has 0 radical (unpaired) electrons. The van der Waals surface area contributed by atoms with Crippen LogP contribution < -0.4 is 4.74 Å². The van der Waals surface area contributed by atoms with Gasteiger partial charge in [-0.3, -0.25) is 0 Å². The summed E-state index contributed by atoms with van der Waals surface area (Å²) in [6, 6.07) is 9.81. The Balaban J connectivity index is 1.58. The van der Waals surface area contributed by atoms with Crippen molar-refractivity contribution < 1.29 is 9.26 Å². The Morgan fingerprint density at radius 1 is 1.15 bits per heavy atom. The Morgan fingerprint density at radius 3 is 2.67 bits per heavy atom. The standard InChI is InChI=1S/C20H18BrN3O2S/c1-20(2,3)15-10-27-19-17(15)18(22-11-23-19)25-9-14-8-16(24-26-14)12-4-6-13(21)7-5-12/h4-8,10-11H,9H2,1-3H3. The van der Waals surface area contributed by atoms with Gasteiger partial charge in [-0.2, -0.15) is 0 Å². The minimum Gasteiger partial charge on any atom is -0.469 e. The van der Waals surface area contributed by atoms with E-state index in [1.165, 1.54) is 11.9 Å². The van der Waals surface area contributed by atoms with E-state index < -0.39 is 0 Å². The van der Waals surface area contributed by atoms with Crippen molar-refractivity contribution in [1.82, 2.24) is 15.1 Å². The van der Waals surface area contributed by atoms with Crippen molar-refractivity contribution in [3.63, 3.8) is 0 Å². The molecule has 3 aromatic heterocycles. The summed E-state index contributed by atoms with van der Waals surface area (Å²) in [6.45, 7) is 6.78. The molecule has 0 spiro atoms. The molecule has 0 saturated heterocycles. The highest BCUT2D eigenvalue weighted by molar-refractivity contribution is 9.10. The lowest BCUT2D eigenvalue weighted by atomic mass is 9.87. The Bertz CT molecular complexity index is 1080. The van der Waals surface area contributed by atoms with Gasteiger partial charge >= 0.3 is 0 Å². The molecule has 0 atom stereocenters. The maximum atomic E-state index is 5.98. The maximum Gasteiger partial charge on any atom is 0.226 e. The first-order valence-electron chi connectivity index (χ1n) is 8.49. The molecule has 7 heteroatoms. The highest BCUT2D eigenvalue weighted by Gasteiger charge is 2.22. The van der Waals surface area contributed by atoms with E-state index in [4.69, 9.17) is 9.26 Å². The number of nitrogens with zero attached hydrogens (tertiary/aromatic N) is 3.